The second kappa shape index (κ2) is 13.1. The van der Waals surface area contributed by atoms with Crippen LogP contribution in [-0.2, 0) is 6.42 Å². The average molecular weight is 651 g/mol. The Kier molecular flexibility index (Phi) is 8.46. The molecule has 14 heteroatoms. The average Bonchev–Trinajstić information content (AvgIpc) is 3.10. The highest BCUT2D eigenvalue weighted by Crippen LogP contribution is 2.28. The van der Waals surface area contributed by atoms with Gasteiger partial charge in [0.15, 0.2) is 29.0 Å². The molecule has 0 aliphatic rings. The first-order valence-corrected chi connectivity index (χ1v) is 13.9. The maximum atomic E-state index is 14.5. The van der Waals surface area contributed by atoms with Gasteiger partial charge in [0.25, 0.3) is 0 Å². The molecule has 0 aliphatic heterocycles. The Balaban J connectivity index is 1.56. The molecule has 10 nitrogen and oxygen atoms in total. The van der Waals surface area contributed by atoms with E-state index in [2.05, 4.69) is 34.7 Å². The number of nitrogens with zero attached hydrogens (tertiary/aromatic N) is 10. The molecule has 0 fully saturated rings. The fourth-order valence-electron chi connectivity index (χ4n) is 4.77. The second-order valence-corrected chi connectivity index (χ2v) is 10.3. The van der Waals surface area contributed by atoms with Crippen LogP contribution in [0.5, 0.6) is 0 Å². The molecule has 0 N–H and O–H groups in total. The van der Waals surface area contributed by atoms with Crippen molar-refractivity contribution in [1.82, 2.24) is 29.9 Å². The van der Waals surface area contributed by atoms with Crippen LogP contribution in [0.3, 0.4) is 0 Å². The summed E-state index contributed by atoms with van der Waals surface area (Å²) in [5.41, 5.74) is 0.250. The van der Waals surface area contributed by atoms with E-state index in [1.807, 2.05) is 18.2 Å². The minimum Gasteiger partial charge on any atom is -0.238 e. The Labute approximate surface area is 274 Å². The molecular weight excluding hydrogens is 636 g/mol. The largest absolute Gasteiger partial charge is 0.238 e. The van der Waals surface area contributed by atoms with Gasteiger partial charge in [-0.2, -0.15) is 15.8 Å². The smallest absolute Gasteiger partial charge is 0.190 e. The molecule has 0 bridgehead atoms. The summed E-state index contributed by atoms with van der Waals surface area (Å²) in [6, 6.07) is 19.4. The van der Waals surface area contributed by atoms with Gasteiger partial charge in [-0.15, -0.1) is 0 Å². The number of nitriles is 3. The van der Waals surface area contributed by atoms with Gasteiger partial charge < -0.3 is 0 Å². The fourth-order valence-corrected chi connectivity index (χ4v) is 4.77. The highest BCUT2D eigenvalue weighted by atomic mass is 19.1. The molecule has 6 rings (SSSR count). The van der Waals surface area contributed by atoms with Crippen molar-refractivity contribution in [3.63, 3.8) is 0 Å². The summed E-state index contributed by atoms with van der Waals surface area (Å²) in [5.74, 6) is -3.47. The minimum absolute atomic E-state index is 0.0232. The topological polar surface area (TPSA) is 153 Å². The summed E-state index contributed by atoms with van der Waals surface area (Å²) in [6.45, 7) is 7.32. The first-order valence-electron chi connectivity index (χ1n) is 13.9. The van der Waals surface area contributed by atoms with Crippen molar-refractivity contribution in [2.24, 2.45) is 0 Å². The van der Waals surface area contributed by atoms with E-state index in [1.165, 1.54) is 24.3 Å². The van der Waals surface area contributed by atoms with Crippen molar-refractivity contribution < 1.29 is 17.6 Å². The number of hydrogen-bond acceptors (Lipinski definition) is 9. The monoisotopic (exact) mass is 650 g/mol. The second-order valence-electron chi connectivity index (χ2n) is 10.3. The molecular formula is C35H14F4N10. The van der Waals surface area contributed by atoms with Gasteiger partial charge >= 0.3 is 0 Å². The molecule has 2 heterocycles. The van der Waals surface area contributed by atoms with Crippen LogP contribution >= 0.6 is 0 Å². The van der Waals surface area contributed by atoms with E-state index in [0.29, 0.717) is 0 Å². The van der Waals surface area contributed by atoms with Crippen molar-refractivity contribution in [2.45, 2.75) is 6.42 Å². The lowest BCUT2D eigenvalue weighted by molar-refractivity contribution is 0.627. The molecule has 0 spiro atoms. The highest BCUT2D eigenvalue weighted by molar-refractivity contribution is 5.67. The maximum Gasteiger partial charge on any atom is 0.190 e. The Morgan fingerprint density at radius 3 is 1.12 bits per heavy atom. The van der Waals surface area contributed by atoms with Crippen LogP contribution in [0.25, 0.3) is 50.4 Å². The third-order valence-corrected chi connectivity index (χ3v) is 6.80. The highest BCUT2D eigenvalue weighted by Gasteiger charge is 2.18. The van der Waals surface area contributed by atoms with E-state index in [4.69, 9.17) is 6.57 Å². The van der Waals surface area contributed by atoms with Gasteiger partial charge in [-0.3, -0.25) is 0 Å². The summed E-state index contributed by atoms with van der Waals surface area (Å²) in [5, 5.41) is 28.2. The van der Waals surface area contributed by atoms with Crippen molar-refractivity contribution in [3.05, 3.63) is 136 Å². The molecule has 0 aliphatic carbocycles. The van der Waals surface area contributed by atoms with Gasteiger partial charge in [-0.25, -0.2) is 52.3 Å². The lowest BCUT2D eigenvalue weighted by Gasteiger charge is -2.11. The number of aromatic nitrogens is 6. The quantitative estimate of drug-likeness (QED) is 0.136. The van der Waals surface area contributed by atoms with Crippen LogP contribution < -0.4 is 0 Å². The van der Waals surface area contributed by atoms with Crippen LogP contribution in [0.15, 0.2) is 72.8 Å². The standard InChI is InChI=1S/C35H14F4N10/c1-43-29-12-24(11-28(39)13-29)35-47-31(46-34(49-35)23-4-20(17-42)7-27(38)10-23)14-30-44-32(21-2-18(15-40)5-25(36)8-21)48-33(45-30)22-3-19(16-41)6-26(37)9-22/h2-13H,14H2. The lowest BCUT2D eigenvalue weighted by Crippen LogP contribution is -2.09. The van der Waals surface area contributed by atoms with Gasteiger partial charge in [-0.05, 0) is 72.8 Å². The number of halogens is 4. The third kappa shape index (κ3) is 7.05. The molecule has 232 valence electrons. The maximum absolute atomic E-state index is 14.5. The van der Waals surface area contributed by atoms with Crippen LogP contribution in [0.2, 0.25) is 0 Å². The summed E-state index contributed by atoms with van der Waals surface area (Å²) in [7, 11) is 0. The molecule has 2 aromatic heterocycles. The Bertz CT molecular complexity index is 2150. The minimum atomic E-state index is -0.748. The zero-order valence-electron chi connectivity index (χ0n) is 24.6. The van der Waals surface area contributed by atoms with E-state index in [-0.39, 0.29) is 86.0 Å². The molecule has 6 aromatic rings. The van der Waals surface area contributed by atoms with Gasteiger partial charge in [0.2, 0.25) is 0 Å². The summed E-state index contributed by atoms with van der Waals surface area (Å²) >= 11 is 0. The Morgan fingerprint density at radius 1 is 0.469 bits per heavy atom. The van der Waals surface area contributed by atoms with Gasteiger partial charge in [-0.1, -0.05) is 0 Å². The fraction of sp³-hybridized carbons (Fsp3) is 0.0286. The van der Waals surface area contributed by atoms with Crippen LogP contribution in [0, 0.1) is 63.8 Å². The van der Waals surface area contributed by atoms with E-state index in [1.54, 1.807) is 0 Å². The lowest BCUT2D eigenvalue weighted by atomic mass is 10.1. The molecule has 0 saturated heterocycles. The number of rotatable bonds is 6. The van der Waals surface area contributed by atoms with Crippen LogP contribution in [-0.4, -0.2) is 29.9 Å². The summed E-state index contributed by atoms with van der Waals surface area (Å²) in [4.78, 5) is 29.7. The predicted octanol–water partition coefficient (Wildman–Crippen LogP) is 7.04. The molecule has 4 aromatic carbocycles. The van der Waals surface area contributed by atoms with Crippen molar-refractivity contribution in [2.75, 3.05) is 0 Å². The molecule has 0 atom stereocenters. The summed E-state index contributed by atoms with van der Waals surface area (Å²) in [6.07, 6.45) is -0.294. The number of hydrogen-bond donors (Lipinski definition) is 0. The molecule has 49 heavy (non-hydrogen) atoms. The van der Waals surface area contributed by atoms with Crippen molar-refractivity contribution in [1.29, 1.82) is 15.8 Å². The Hall–Kier alpha value is -7.42. The first-order chi connectivity index (χ1) is 23.6. The van der Waals surface area contributed by atoms with Gasteiger partial charge in [0, 0.05) is 22.3 Å². The van der Waals surface area contributed by atoms with Crippen LogP contribution in [0.4, 0.5) is 23.2 Å². The third-order valence-electron chi connectivity index (χ3n) is 6.80. The van der Waals surface area contributed by atoms with E-state index in [0.717, 1.165) is 48.5 Å². The van der Waals surface area contributed by atoms with Crippen molar-refractivity contribution >= 4 is 5.69 Å². The molecule has 0 amide bonds. The first kappa shape index (κ1) is 31.6. The molecule has 0 radical (unpaired) electrons. The van der Waals surface area contributed by atoms with Crippen molar-refractivity contribution in [3.8, 4) is 63.8 Å². The normalized spacial score (nSPS) is 10.4. The zero-order valence-corrected chi connectivity index (χ0v) is 24.6. The SMILES string of the molecule is [C-]#[N+]c1cc(F)cc(-c2nc(Cc3nc(-c4cc(F)cc(C#N)c4)nc(-c4cc(F)cc(C#N)c4)n3)nc(-c3cc(F)cc(C#N)c3)n2)c1. The van der Waals surface area contributed by atoms with E-state index in [9.17, 15) is 33.3 Å². The predicted molar refractivity (Wildman–Crippen MR) is 164 cm³/mol. The van der Waals surface area contributed by atoms with Gasteiger partial charge in [0.05, 0.1) is 47.9 Å². The van der Waals surface area contributed by atoms with E-state index < -0.39 is 23.3 Å². The van der Waals surface area contributed by atoms with Crippen LogP contribution in [0.1, 0.15) is 28.3 Å². The molecule has 0 saturated carbocycles. The zero-order chi connectivity index (χ0) is 34.7. The number of benzene rings is 4. The Morgan fingerprint density at radius 2 is 0.796 bits per heavy atom. The summed E-state index contributed by atoms with van der Waals surface area (Å²) < 4.78 is 57.9. The molecule has 0 unspecified atom stereocenters. The van der Waals surface area contributed by atoms with Gasteiger partial charge in [0.1, 0.15) is 34.9 Å². The van der Waals surface area contributed by atoms with E-state index >= 15 is 0 Å².